The molecule has 9 heteroatoms. The van der Waals surface area contributed by atoms with Crippen LogP contribution in [0.3, 0.4) is 0 Å². The Hall–Kier alpha value is -3.56. The summed E-state index contributed by atoms with van der Waals surface area (Å²) in [6, 6.07) is 19.6. The number of rotatable bonds is 9. The lowest BCUT2D eigenvalue weighted by Crippen LogP contribution is -2.56. The molecule has 8 nitrogen and oxygen atoms in total. The minimum absolute atomic E-state index is 0.0635. The summed E-state index contributed by atoms with van der Waals surface area (Å²) in [4.78, 5) is 43.9. The summed E-state index contributed by atoms with van der Waals surface area (Å²) in [6.45, 7) is 6.09. The monoisotopic (exact) mass is 587 g/mol. The highest BCUT2D eigenvalue weighted by atomic mass is 32.2. The summed E-state index contributed by atoms with van der Waals surface area (Å²) in [7, 11) is 0. The van der Waals surface area contributed by atoms with Crippen molar-refractivity contribution >= 4 is 51.6 Å². The Kier molecular flexibility index (Phi) is 7.66. The van der Waals surface area contributed by atoms with Crippen LogP contribution in [0.1, 0.15) is 33.6 Å². The van der Waals surface area contributed by atoms with Gasteiger partial charge in [0.15, 0.2) is 0 Å². The maximum atomic E-state index is 14.3. The molecule has 3 amide bonds. The molecule has 3 heterocycles. The fourth-order valence-electron chi connectivity index (χ4n) is 7.17. The first-order valence-electron chi connectivity index (χ1n) is 14.7. The standard InChI is InChI=1S/C33H37N3O5S/c1-4-41-24-13-11-22(12-14-24)34-30(38)27-26-15-16-33(42-26)28(27)32(40)36(25(18-37)19(2)3)29(33)31(39)35-23-10-9-20-7-5-6-8-21(20)17-23/h5-14,17,19,25-29,37H,4,15-16,18H2,1-3H3,(H,34,38)(H,35,39)/t25-,26-,27+,28-,29?,33?/m0/s1. The molecule has 220 valence electrons. The number of hydrogen-bond donors (Lipinski definition) is 3. The van der Waals surface area contributed by atoms with Crippen LogP contribution < -0.4 is 15.4 Å². The molecule has 3 aromatic carbocycles. The predicted octanol–water partition coefficient (Wildman–Crippen LogP) is 4.92. The Morgan fingerprint density at radius 2 is 1.71 bits per heavy atom. The van der Waals surface area contributed by atoms with Crippen LogP contribution >= 0.6 is 11.8 Å². The van der Waals surface area contributed by atoms with Gasteiger partial charge in [-0.1, -0.05) is 44.2 Å². The quantitative estimate of drug-likeness (QED) is 0.328. The van der Waals surface area contributed by atoms with Crippen molar-refractivity contribution in [2.75, 3.05) is 23.8 Å². The van der Waals surface area contributed by atoms with Gasteiger partial charge in [-0.3, -0.25) is 14.4 Å². The van der Waals surface area contributed by atoms with Gasteiger partial charge < -0.3 is 25.4 Å². The molecule has 3 aliphatic rings. The minimum Gasteiger partial charge on any atom is -0.494 e. The van der Waals surface area contributed by atoms with Gasteiger partial charge in [0.05, 0.1) is 35.8 Å². The number of nitrogens with zero attached hydrogens (tertiary/aromatic N) is 1. The van der Waals surface area contributed by atoms with Crippen molar-refractivity contribution in [1.82, 2.24) is 4.90 Å². The Morgan fingerprint density at radius 3 is 2.40 bits per heavy atom. The SMILES string of the molecule is CCOc1ccc(NC(=O)[C@@H]2[C@@H]3CCC4(S3)C(C(=O)Nc3ccc5ccccc5c3)N([C@@H](CO)C(C)C)C(=O)[C@H]24)cc1. The molecule has 3 aliphatic heterocycles. The minimum atomic E-state index is -0.806. The summed E-state index contributed by atoms with van der Waals surface area (Å²) in [5.74, 6) is -1.29. The lowest BCUT2D eigenvalue weighted by Gasteiger charge is -2.38. The van der Waals surface area contributed by atoms with Gasteiger partial charge in [0.2, 0.25) is 17.7 Å². The third-order valence-electron chi connectivity index (χ3n) is 9.05. The first kappa shape index (κ1) is 28.6. The van der Waals surface area contributed by atoms with Crippen molar-refractivity contribution in [2.45, 2.75) is 55.7 Å². The zero-order chi connectivity index (χ0) is 29.6. The van der Waals surface area contributed by atoms with Crippen LogP contribution in [-0.2, 0) is 14.4 Å². The van der Waals surface area contributed by atoms with Crippen LogP contribution in [0.4, 0.5) is 11.4 Å². The van der Waals surface area contributed by atoms with Crippen molar-refractivity contribution in [2.24, 2.45) is 17.8 Å². The molecule has 0 aromatic heterocycles. The van der Waals surface area contributed by atoms with Gasteiger partial charge in [0, 0.05) is 16.6 Å². The summed E-state index contributed by atoms with van der Waals surface area (Å²) < 4.78 is 4.77. The van der Waals surface area contributed by atoms with E-state index in [4.69, 9.17) is 4.74 Å². The average Bonchev–Trinajstić information content (AvgIpc) is 3.62. The van der Waals surface area contributed by atoms with E-state index in [-0.39, 0.29) is 35.5 Å². The molecular weight excluding hydrogens is 550 g/mol. The average molecular weight is 588 g/mol. The number of aliphatic hydroxyl groups excluding tert-OH is 1. The summed E-state index contributed by atoms with van der Waals surface area (Å²) in [5, 5.41) is 18.5. The fourth-order valence-corrected chi connectivity index (χ4v) is 9.38. The summed E-state index contributed by atoms with van der Waals surface area (Å²) in [6.07, 6.45) is 1.41. The highest BCUT2D eigenvalue weighted by Crippen LogP contribution is 2.67. The van der Waals surface area contributed by atoms with Gasteiger partial charge in [-0.15, -0.1) is 11.8 Å². The van der Waals surface area contributed by atoms with Crippen molar-refractivity contribution < 1.29 is 24.2 Å². The number of nitrogens with one attached hydrogen (secondary N) is 2. The van der Waals surface area contributed by atoms with E-state index >= 15 is 0 Å². The fraction of sp³-hybridized carbons (Fsp3) is 0.424. The van der Waals surface area contributed by atoms with Gasteiger partial charge >= 0.3 is 0 Å². The molecule has 3 saturated heterocycles. The zero-order valence-corrected chi connectivity index (χ0v) is 24.9. The number of hydrogen-bond acceptors (Lipinski definition) is 6. The van der Waals surface area contributed by atoms with Gasteiger partial charge in [-0.05, 0) is 72.9 Å². The number of benzene rings is 3. The molecule has 3 fully saturated rings. The Morgan fingerprint density at radius 1 is 1.02 bits per heavy atom. The van der Waals surface area contributed by atoms with E-state index in [2.05, 4.69) is 10.6 Å². The maximum Gasteiger partial charge on any atom is 0.248 e. The molecular formula is C33H37N3O5S. The van der Waals surface area contributed by atoms with E-state index in [1.165, 1.54) is 0 Å². The largest absolute Gasteiger partial charge is 0.494 e. The van der Waals surface area contributed by atoms with E-state index in [9.17, 15) is 19.5 Å². The smallest absolute Gasteiger partial charge is 0.248 e. The number of aliphatic hydroxyl groups is 1. The van der Waals surface area contributed by atoms with Crippen LogP contribution in [-0.4, -0.2) is 63.0 Å². The van der Waals surface area contributed by atoms with Crippen molar-refractivity contribution in [1.29, 1.82) is 0 Å². The Balaban J connectivity index is 1.32. The first-order chi connectivity index (χ1) is 20.3. The highest BCUT2D eigenvalue weighted by Gasteiger charge is 2.74. The molecule has 0 aliphatic carbocycles. The lowest BCUT2D eigenvalue weighted by atomic mass is 9.70. The van der Waals surface area contributed by atoms with Crippen LogP contribution in [0.15, 0.2) is 66.7 Å². The van der Waals surface area contributed by atoms with Crippen LogP contribution in [0.5, 0.6) is 5.75 Å². The lowest BCUT2D eigenvalue weighted by molar-refractivity contribution is -0.142. The van der Waals surface area contributed by atoms with E-state index in [1.54, 1.807) is 40.9 Å². The molecule has 2 bridgehead atoms. The number of carbonyl (C=O) groups is 3. The van der Waals surface area contributed by atoms with Crippen molar-refractivity contribution in [3.63, 3.8) is 0 Å². The van der Waals surface area contributed by atoms with E-state index in [0.717, 1.165) is 22.9 Å². The highest BCUT2D eigenvalue weighted by molar-refractivity contribution is 8.02. The molecule has 2 unspecified atom stereocenters. The normalized spacial score (nSPS) is 26.9. The second-order valence-electron chi connectivity index (χ2n) is 11.8. The van der Waals surface area contributed by atoms with Crippen LogP contribution in [0, 0.1) is 17.8 Å². The molecule has 42 heavy (non-hydrogen) atoms. The molecule has 6 atom stereocenters. The molecule has 0 saturated carbocycles. The molecule has 6 rings (SSSR count). The second kappa shape index (κ2) is 11.3. The van der Waals surface area contributed by atoms with Crippen molar-refractivity contribution in [3.05, 3.63) is 66.7 Å². The number of carbonyl (C=O) groups excluding carboxylic acids is 3. The summed E-state index contributed by atoms with van der Waals surface area (Å²) >= 11 is 1.62. The zero-order valence-electron chi connectivity index (χ0n) is 24.1. The van der Waals surface area contributed by atoms with Gasteiger partial charge in [0.25, 0.3) is 0 Å². The molecule has 3 N–H and O–H groups in total. The van der Waals surface area contributed by atoms with Gasteiger partial charge in [0.1, 0.15) is 11.8 Å². The number of ether oxygens (including phenoxy) is 1. The van der Waals surface area contributed by atoms with Crippen LogP contribution in [0.25, 0.3) is 10.8 Å². The molecule has 1 spiro atoms. The number of fused-ring (bicyclic) bond motifs is 2. The summed E-state index contributed by atoms with van der Waals surface area (Å²) in [5.41, 5.74) is 1.28. The third kappa shape index (κ3) is 4.72. The molecule has 3 aromatic rings. The second-order valence-corrected chi connectivity index (χ2v) is 13.4. The van der Waals surface area contributed by atoms with Gasteiger partial charge in [-0.2, -0.15) is 0 Å². The van der Waals surface area contributed by atoms with Crippen LogP contribution in [0.2, 0.25) is 0 Å². The number of thioether (sulfide) groups is 1. The Labute approximate surface area is 250 Å². The Bertz CT molecular complexity index is 1510. The first-order valence-corrected chi connectivity index (χ1v) is 15.6. The topological polar surface area (TPSA) is 108 Å². The number of amides is 3. The van der Waals surface area contributed by atoms with E-state index < -0.39 is 28.7 Å². The maximum absolute atomic E-state index is 14.3. The van der Waals surface area contributed by atoms with E-state index in [0.29, 0.717) is 24.4 Å². The molecule has 0 radical (unpaired) electrons. The number of anilines is 2. The predicted molar refractivity (Wildman–Crippen MR) is 165 cm³/mol. The third-order valence-corrected chi connectivity index (χ3v) is 11.0. The van der Waals surface area contributed by atoms with Crippen molar-refractivity contribution in [3.8, 4) is 5.75 Å². The van der Waals surface area contributed by atoms with Gasteiger partial charge in [-0.25, -0.2) is 0 Å². The van der Waals surface area contributed by atoms with E-state index in [1.807, 2.05) is 63.2 Å². The number of likely N-dealkylation sites (tertiary alicyclic amines) is 1.